The molecule has 0 aliphatic carbocycles. The molecule has 4 heteroatoms. The highest BCUT2D eigenvalue weighted by molar-refractivity contribution is 5.76. The Balaban J connectivity index is 3.53. The van der Waals surface area contributed by atoms with E-state index in [0.29, 0.717) is 0 Å². The number of carbonyl (C=O) groups excluding carboxylic acids is 1. The van der Waals surface area contributed by atoms with E-state index < -0.39 is 11.9 Å². The van der Waals surface area contributed by atoms with Crippen LogP contribution in [-0.2, 0) is 14.3 Å². The van der Waals surface area contributed by atoms with Gasteiger partial charge in [0, 0.05) is 0 Å². The number of ether oxygens (including phenoxy) is 1. The molecule has 0 fully saturated rings. The normalized spacial score (nSPS) is 9.67. The van der Waals surface area contributed by atoms with Crippen LogP contribution in [0.4, 0.5) is 0 Å². The van der Waals surface area contributed by atoms with Gasteiger partial charge in [0.05, 0.1) is 19.1 Å². The third kappa shape index (κ3) is 6.54. The van der Waals surface area contributed by atoms with Gasteiger partial charge in [-0.15, -0.1) is 0 Å². The zero-order chi connectivity index (χ0) is 9.40. The van der Waals surface area contributed by atoms with Crippen LogP contribution in [0.25, 0.3) is 0 Å². The van der Waals surface area contributed by atoms with Crippen LogP contribution in [0, 0.1) is 0 Å². The Morgan fingerprint density at radius 2 is 2.08 bits per heavy atom. The quantitative estimate of drug-likeness (QED) is 0.381. The van der Waals surface area contributed by atoms with Crippen LogP contribution in [0.2, 0.25) is 0 Å². The average Bonchev–Trinajstić information content (AvgIpc) is 2.01. The minimum absolute atomic E-state index is 0.114. The fourth-order valence-corrected chi connectivity index (χ4v) is 0.439. The van der Waals surface area contributed by atoms with Crippen LogP contribution in [0.1, 0.15) is 12.8 Å². The monoisotopic (exact) mass is 170 g/mol. The fraction of sp³-hybridized carbons (Fsp3) is 0.250. The summed E-state index contributed by atoms with van der Waals surface area (Å²) in [6, 6.07) is 0. The zero-order valence-electron chi connectivity index (χ0n) is 6.53. The van der Waals surface area contributed by atoms with Gasteiger partial charge >= 0.3 is 11.9 Å². The number of carboxylic acid groups (broad SMARTS) is 1. The Morgan fingerprint density at radius 3 is 2.58 bits per heavy atom. The van der Waals surface area contributed by atoms with Crippen molar-refractivity contribution in [3.63, 3.8) is 0 Å². The van der Waals surface area contributed by atoms with Crippen LogP contribution in [0.5, 0.6) is 0 Å². The number of aliphatic carboxylic acids is 1. The third-order valence-electron chi connectivity index (χ3n) is 0.957. The van der Waals surface area contributed by atoms with Crippen LogP contribution in [0.3, 0.4) is 0 Å². The van der Waals surface area contributed by atoms with Crippen molar-refractivity contribution in [2.45, 2.75) is 12.8 Å². The maximum atomic E-state index is 10.7. The fourth-order valence-electron chi connectivity index (χ4n) is 0.439. The van der Waals surface area contributed by atoms with E-state index in [2.05, 4.69) is 11.3 Å². The first-order chi connectivity index (χ1) is 5.66. The average molecular weight is 170 g/mol. The first-order valence-electron chi connectivity index (χ1n) is 3.35. The molecule has 12 heavy (non-hydrogen) atoms. The zero-order valence-corrected chi connectivity index (χ0v) is 6.53. The summed E-state index contributed by atoms with van der Waals surface area (Å²) in [4.78, 5) is 20.6. The van der Waals surface area contributed by atoms with Crippen LogP contribution in [0.15, 0.2) is 25.0 Å². The van der Waals surface area contributed by atoms with Crippen LogP contribution < -0.4 is 0 Å². The molecular formula is C8H10O4. The van der Waals surface area contributed by atoms with Crippen molar-refractivity contribution >= 4 is 11.9 Å². The molecule has 0 aromatic heterocycles. The predicted molar refractivity (Wildman–Crippen MR) is 42.3 cm³/mol. The molecular weight excluding hydrogens is 160 g/mol. The first kappa shape index (κ1) is 10.4. The van der Waals surface area contributed by atoms with Crippen molar-refractivity contribution in [3.8, 4) is 0 Å². The molecule has 1 N–H and O–H groups in total. The summed E-state index contributed by atoms with van der Waals surface area (Å²) in [6.45, 7) is 3.36. The lowest BCUT2D eigenvalue weighted by atomic mass is 10.3. The summed E-state index contributed by atoms with van der Waals surface area (Å²) in [7, 11) is 0. The molecule has 0 aromatic carbocycles. The van der Waals surface area contributed by atoms with Gasteiger partial charge in [0.15, 0.2) is 0 Å². The molecule has 0 saturated heterocycles. The molecule has 0 amide bonds. The summed E-state index contributed by atoms with van der Waals surface area (Å²) in [5.41, 5.74) is 0. The number of carboxylic acids is 1. The molecule has 66 valence electrons. The van der Waals surface area contributed by atoms with Crippen molar-refractivity contribution in [3.05, 3.63) is 25.0 Å². The van der Waals surface area contributed by atoms with E-state index in [1.807, 2.05) is 0 Å². The van der Waals surface area contributed by atoms with E-state index >= 15 is 0 Å². The highest BCUT2D eigenvalue weighted by Gasteiger charge is 2.04. The van der Waals surface area contributed by atoms with Gasteiger partial charge in [-0.25, -0.2) is 0 Å². The summed E-state index contributed by atoms with van der Waals surface area (Å²) in [5.74, 6) is -1.57. The molecule has 0 atom stereocenters. The highest BCUT2D eigenvalue weighted by Crippen LogP contribution is 1.93. The SMILES string of the molecule is C=CC=COC(=O)CCC(=O)O. The van der Waals surface area contributed by atoms with Crippen molar-refractivity contribution in [1.82, 2.24) is 0 Å². The van der Waals surface area contributed by atoms with Gasteiger partial charge in [-0.2, -0.15) is 0 Å². The van der Waals surface area contributed by atoms with Gasteiger partial charge in [-0.05, 0) is 6.08 Å². The maximum Gasteiger partial charge on any atom is 0.311 e. The second-order valence-electron chi connectivity index (χ2n) is 1.95. The van der Waals surface area contributed by atoms with Gasteiger partial charge in [-0.3, -0.25) is 9.59 Å². The number of rotatable bonds is 5. The topological polar surface area (TPSA) is 63.6 Å². The Kier molecular flexibility index (Phi) is 5.34. The smallest absolute Gasteiger partial charge is 0.311 e. The molecule has 0 heterocycles. The standard InChI is InChI=1S/C8H10O4/c1-2-3-6-12-8(11)5-4-7(9)10/h2-3,6H,1,4-5H2,(H,9,10). The molecule has 0 unspecified atom stereocenters. The van der Waals surface area contributed by atoms with Gasteiger partial charge in [-0.1, -0.05) is 12.7 Å². The van der Waals surface area contributed by atoms with E-state index in [1.54, 1.807) is 0 Å². The molecule has 0 aromatic rings. The Bertz CT molecular complexity index is 205. The number of hydrogen-bond acceptors (Lipinski definition) is 3. The van der Waals surface area contributed by atoms with Crippen molar-refractivity contribution in [2.75, 3.05) is 0 Å². The second kappa shape index (κ2) is 6.15. The van der Waals surface area contributed by atoms with E-state index in [4.69, 9.17) is 5.11 Å². The summed E-state index contributed by atoms with van der Waals surface area (Å²) in [5, 5.41) is 8.19. The number of allylic oxidation sites excluding steroid dienone is 2. The lowest BCUT2D eigenvalue weighted by Crippen LogP contribution is -2.03. The van der Waals surface area contributed by atoms with Gasteiger partial charge in [0.2, 0.25) is 0 Å². The number of esters is 1. The number of carbonyl (C=O) groups is 2. The molecule has 4 nitrogen and oxygen atoms in total. The summed E-state index contributed by atoms with van der Waals surface area (Å²) < 4.78 is 4.48. The molecule has 0 spiro atoms. The summed E-state index contributed by atoms with van der Waals surface area (Å²) >= 11 is 0. The Hall–Kier alpha value is -1.58. The number of hydrogen-bond donors (Lipinski definition) is 1. The maximum absolute atomic E-state index is 10.7. The lowest BCUT2D eigenvalue weighted by molar-refractivity contribution is -0.144. The molecule has 0 aliphatic rings. The Labute approximate surface area is 70.1 Å². The van der Waals surface area contributed by atoms with E-state index in [-0.39, 0.29) is 12.8 Å². The van der Waals surface area contributed by atoms with E-state index in [9.17, 15) is 9.59 Å². The van der Waals surface area contributed by atoms with E-state index in [0.717, 1.165) is 6.26 Å². The van der Waals surface area contributed by atoms with Crippen molar-refractivity contribution in [1.29, 1.82) is 0 Å². The first-order valence-corrected chi connectivity index (χ1v) is 3.35. The molecule has 0 saturated carbocycles. The van der Waals surface area contributed by atoms with Crippen LogP contribution in [-0.4, -0.2) is 17.0 Å². The van der Waals surface area contributed by atoms with Crippen LogP contribution >= 0.6 is 0 Å². The van der Waals surface area contributed by atoms with Gasteiger partial charge in [0.25, 0.3) is 0 Å². The lowest BCUT2D eigenvalue weighted by Gasteiger charge is -1.94. The highest BCUT2D eigenvalue weighted by atomic mass is 16.5. The minimum atomic E-state index is -1.01. The van der Waals surface area contributed by atoms with Crippen molar-refractivity contribution in [2.24, 2.45) is 0 Å². The largest absolute Gasteiger partial charge is 0.481 e. The van der Waals surface area contributed by atoms with Gasteiger partial charge in [0.1, 0.15) is 0 Å². The predicted octanol–water partition coefficient (Wildman–Crippen LogP) is 1.09. The second-order valence-corrected chi connectivity index (χ2v) is 1.95. The van der Waals surface area contributed by atoms with E-state index in [1.165, 1.54) is 12.2 Å². The third-order valence-corrected chi connectivity index (χ3v) is 0.957. The summed E-state index contributed by atoms with van der Waals surface area (Å²) in [6.07, 6.45) is 3.73. The molecule has 0 aliphatic heterocycles. The molecule has 0 rings (SSSR count). The van der Waals surface area contributed by atoms with Crippen molar-refractivity contribution < 1.29 is 19.4 Å². The molecule has 0 bridgehead atoms. The molecule has 0 radical (unpaired) electrons. The minimum Gasteiger partial charge on any atom is -0.481 e. The van der Waals surface area contributed by atoms with Gasteiger partial charge < -0.3 is 9.84 Å². The Morgan fingerprint density at radius 1 is 1.42 bits per heavy atom.